The molecule has 0 saturated heterocycles. The monoisotopic (exact) mass is 125 g/mol. The van der Waals surface area contributed by atoms with Gasteiger partial charge in [-0.2, -0.15) is 0 Å². The van der Waals surface area contributed by atoms with Gasteiger partial charge in [-0.25, -0.2) is 0 Å². The van der Waals surface area contributed by atoms with E-state index < -0.39 is 0 Å². The molecule has 9 heavy (non-hydrogen) atoms. The predicted octanol–water partition coefficient (Wildman–Crippen LogP) is 2.64. The molecule has 0 unspecified atom stereocenters. The Morgan fingerprint density at radius 3 is 2.22 bits per heavy atom. The van der Waals surface area contributed by atoms with Crippen LogP contribution in [-0.4, -0.2) is 5.71 Å². The fraction of sp³-hybridized carbons (Fsp3) is 0.625. The van der Waals surface area contributed by atoms with E-state index in [9.17, 15) is 0 Å². The van der Waals surface area contributed by atoms with E-state index in [2.05, 4.69) is 24.9 Å². The Labute approximate surface area is 57.5 Å². The van der Waals surface area contributed by atoms with E-state index in [4.69, 9.17) is 0 Å². The summed E-state index contributed by atoms with van der Waals surface area (Å²) in [7, 11) is 0. The minimum atomic E-state index is 0.605. The van der Waals surface area contributed by atoms with E-state index >= 15 is 0 Å². The highest BCUT2D eigenvalue weighted by atomic mass is 14.7. The third-order valence-corrected chi connectivity index (χ3v) is 0.804. The molecular formula is C8H15N. The van der Waals surface area contributed by atoms with Crippen LogP contribution < -0.4 is 0 Å². The lowest BCUT2D eigenvalue weighted by atomic mass is 10.2. The van der Waals surface area contributed by atoms with Gasteiger partial charge in [0.2, 0.25) is 0 Å². The molecule has 0 aliphatic rings. The second-order valence-electron chi connectivity index (χ2n) is 2.66. The van der Waals surface area contributed by atoms with E-state index in [1.165, 1.54) is 0 Å². The van der Waals surface area contributed by atoms with Gasteiger partial charge in [0.1, 0.15) is 0 Å². The van der Waals surface area contributed by atoms with Gasteiger partial charge >= 0.3 is 0 Å². The molecule has 1 nitrogen and oxygen atoms in total. The summed E-state index contributed by atoms with van der Waals surface area (Å²) in [5.74, 6) is 0.605. The number of allylic oxidation sites excluding steroid dienone is 1. The molecule has 0 saturated carbocycles. The number of nitrogens with zero attached hydrogens (tertiary/aromatic N) is 1. The first-order valence-electron chi connectivity index (χ1n) is 3.30. The Bertz CT molecular complexity index is 117. The van der Waals surface area contributed by atoms with Crippen LogP contribution in [-0.2, 0) is 0 Å². The normalized spacial score (nSPS) is 10.8. The van der Waals surface area contributed by atoms with Gasteiger partial charge in [0.05, 0.1) is 0 Å². The smallest absolute Gasteiger partial charge is 0.0229 e. The summed E-state index contributed by atoms with van der Waals surface area (Å²) in [6, 6.07) is 0. The van der Waals surface area contributed by atoms with Gasteiger partial charge in [-0.15, -0.1) is 0 Å². The Hall–Kier alpha value is -0.590. The molecule has 0 bridgehead atoms. The Morgan fingerprint density at radius 1 is 1.33 bits per heavy atom. The minimum Gasteiger partial charge on any atom is -0.267 e. The van der Waals surface area contributed by atoms with Crippen LogP contribution in [0.15, 0.2) is 17.3 Å². The van der Waals surface area contributed by atoms with Crippen LogP contribution in [0.4, 0.5) is 0 Å². The molecule has 0 radical (unpaired) electrons. The van der Waals surface area contributed by atoms with Gasteiger partial charge < -0.3 is 0 Å². The zero-order valence-electron chi connectivity index (χ0n) is 6.68. The second kappa shape index (κ2) is 4.30. The third-order valence-electron chi connectivity index (χ3n) is 0.804. The van der Waals surface area contributed by atoms with Crippen LogP contribution in [0.3, 0.4) is 0 Å². The van der Waals surface area contributed by atoms with Crippen molar-refractivity contribution in [1.29, 1.82) is 0 Å². The number of hydrogen-bond donors (Lipinski definition) is 0. The van der Waals surface area contributed by atoms with Gasteiger partial charge in [-0.1, -0.05) is 19.9 Å². The van der Waals surface area contributed by atoms with Crippen molar-refractivity contribution in [2.75, 3.05) is 0 Å². The van der Waals surface area contributed by atoms with Gasteiger partial charge in [0, 0.05) is 11.9 Å². The molecule has 0 amide bonds. The minimum absolute atomic E-state index is 0.605. The van der Waals surface area contributed by atoms with Crippen molar-refractivity contribution < 1.29 is 0 Å². The van der Waals surface area contributed by atoms with Crippen molar-refractivity contribution in [3.05, 3.63) is 12.3 Å². The maximum absolute atomic E-state index is 4.10. The highest BCUT2D eigenvalue weighted by Gasteiger charge is 1.79. The average molecular weight is 125 g/mol. The van der Waals surface area contributed by atoms with Gasteiger partial charge in [-0.3, -0.25) is 4.99 Å². The summed E-state index contributed by atoms with van der Waals surface area (Å²) < 4.78 is 0. The van der Waals surface area contributed by atoms with E-state index in [1.807, 2.05) is 20.0 Å². The zero-order chi connectivity index (χ0) is 7.28. The SMILES string of the molecule is CC(C)=N/C=C\C(C)C. The quantitative estimate of drug-likeness (QED) is 0.503. The molecule has 0 aromatic carbocycles. The first-order chi connectivity index (χ1) is 4.13. The molecule has 0 atom stereocenters. The second-order valence-corrected chi connectivity index (χ2v) is 2.66. The number of aliphatic imine (C=N–C) groups is 1. The van der Waals surface area contributed by atoms with Crippen LogP contribution in [0.25, 0.3) is 0 Å². The van der Waals surface area contributed by atoms with E-state index in [0.29, 0.717) is 5.92 Å². The molecular weight excluding hydrogens is 110 g/mol. The van der Waals surface area contributed by atoms with Crippen molar-refractivity contribution in [2.45, 2.75) is 27.7 Å². The van der Waals surface area contributed by atoms with Crippen molar-refractivity contribution >= 4 is 5.71 Å². The van der Waals surface area contributed by atoms with E-state index in [-0.39, 0.29) is 0 Å². The summed E-state index contributed by atoms with van der Waals surface area (Å²) in [5, 5.41) is 0. The van der Waals surface area contributed by atoms with Crippen LogP contribution in [0.2, 0.25) is 0 Å². The largest absolute Gasteiger partial charge is 0.267 e. The topological polar surface area (TPSA) is 12.4 Å². The van der Waals surface area contributed by atoms with Gasteiger partial charge in [0.25, 0.3) is 0 Å². The molecule has 0 aliphatic heterocycles. The number of hydrogen-bond acceptors (Lipinski definition) is 1. The predicted molar refractivity (Wildman–Crippen MR) is 42.8 cm³/mol. The van der Waals surface area contributed by atoms with Gasteiger partial charge in [-0.05, 0) is 19.8 Å². The third kappa shape index (κ3) is 7.41. The molecule has 0 rings (SSSR count). The zero-order valence-corrected chi connectivity index (χ0v) is 6.68. The molecule has 0 heterocycles. The maximum Gasteiger partial charge on any atom is 0.0229 e. The summed E-state index contributed by atoms with van der Waals surface area (Å²) in [6.45, 7) is 8.25. The lowest BCUT2D eigenvalue weighted by molar-refractivity contribution is 0.829. The van der Waals surface area contributed by atoms with Crippen molar-refractivity contribution in [1.82, 2.24) is 0 Å². The highest BCUT2D eigenvalue weighted by Crippen LogP contribution is 1.93. The standard InChI is InChI=1S/C8H15N/c1-7(2)5-6-9-8(3)4/h5-7H,1-4H3/b6-5-. The lowest BCUT2D eigenvalue weighted by Gasteiger charge is -1.89. The molecule has 0 N–H and O–H groups in total. The van der Waals surface area contributed by atoms with Crippen LogP contribution in [0.5, 0.6) is 0 Å². The highest BCUT2D eigenvalue weighted by molar-refractivity contribution is 5.79. The Balaban J connectivity index is 3.60. The van der Waals surface area contributed by atoms with Crippen LogP contribution >= 0.6 is 0 Å². The average Bonchev–Trinajstić information content (AvgIpc) is 1.63. The van der Waals surface area contributed by atoms with Crippen molar-refractivity contribution in [3.8, 4) is 0 Å². The van der Waals surface area contributed by atoms with Crippen LogP contribution in [0.1, 0.15) is 27.7 Å². The Kier molecular flexibility index (Phi) is 4.02. The fourth-order valence-corrected chi connectivity index (χ4v) is 0.364. The summed E-state index contributed by atoms with van der Waals surface area (Å²) >= 11 is 0. The number of rotatable bonds is 2. The molecule has 0 fully saturated rings. The van der Waals surface area contributed by atoms with Crippen molar-refractivity contribution in [3.63, 3.8) is 0 Å². The molecule has 52 valence electrons. The summed E-state index contributed by atoms with van der Waals surface area (Å²) in [4.78, 5) is 4.10. The van der Waals surface area contributed by atoms with Crippen molar-refractivity contribution in [2.24, 2.45) is 10.9 Å². The maximum atomic E-state index is 4.10. The summed E-state index contributed by atoms with van der Waals surface area (Å²) in [6.07, 6.45) is 3.94. The van der Waals surface area contributed by atoms with E-state index in [1.54, 1.807) is 0 Å². The summed E-state index contributed by atoms with van der Waals surface area (Å²) in [5.41, 5.74) is 1.10. The molecule has 1 heteroatoms. The first-order valence-corrected chi connectivity index (χ1v) is 3.30. The molecule has 0 aliphatic carbocycles. The van der Waals surface area contributed by atoms with Gasteiger partial charge in [0.15, 0.2) is 0 Å². The fourth-order valence-electron chi connectivity index (χ4n) is 0.364. The van der Waals surface area contributed by atoms with Crippen LogP contribution in [0, 0.1) is 5.92 Å². The first kappa shape index (κ1) is 8.41. The molecule has 0 aromatic rings. The molecule has 0 spiro atoms. The molecule has 0 aromatic heterocycles. The van der Waals surface area contributed by atoms with E-state index in [0.717, 1.165) is 5.71 Å². The lowest BCUT2D eigenvalue weighted by Crippen LogP contribution is -1.78. The Morgan fingerprint density at radius 2 is 1.89 bits per heavy atom.